The molecule has 6 nitrogen and oxygen atoms in total. The molecule has 1 aromatic rings. The van der Waals surface area contributed by atoms with Gasteiger partial charge < -0.3 is 15.0 Å². The topological polar surface area (TPSA) is 61.9 Å². The van der Waals surface area contributed by atoms with Crippen LogP contribution in [0.2, 0.25) is 0 Å². The molecule has 2 heterocycles. The van der Waals surface area contributed by atoms with Gasteiger partial charge in [-0.25, -0.2) is 9.18 Å². The summed E-state index contributed by atoms with van der Waals surface area (Å²) >= 11 is 0. The Bertz CT molecular complexity index is 662. The molecule has 2 aliphatic heterocycles. The standard InChI is InChI=1S/C20H28FN3O3/c1-2-27-20(26)23-11-8-18(9-12-23)24-10-4-7-17(14-24)22-19(25)15-5-3-6-16(21)13-15/h3,5-6,13,17-18H,2,4,7-12,14H2,1H3,(H,22,25)/t17-/m1/s1. The van der Waals surface area contributed by atoms with Crippen LogP contribution in [0.1, 0.15) is 43.0 Å². The highest BCUT2D eigenvalue weighted by atomic mass is 19.1. The second kappa shape index (κ2) is 9.17. The normalized spacial score (nSPS) is 21.7. The van der Waals surface area contributed by atoms with Crippen LogP contribution in [-0.2, 0) is 4.74 Å². The Balaban J connectivity index is 1.50. The summed E-state index contributed by atoms with van der Waals surface area (Å²) in [6.45, 7) is 5.44. The molecule has 0 bridgehead atoms. The third-order valence-electron chi connectivity index (χ3n) is 5.38. The van der Waals surface area contributed by atoms with Crippen LogP contribution in [0.3, 0.4) is 0 Å². The molecule has 0 radical (unpaired) electrons. The monoisotopic (exact) mass is 377 g/mol. The molecule has 2 amide bonds. The maximum absolute atomic E-state index is 13.3. The Morgan fingerprint density at radius 3 is 2.70 bits per heavy atom. The number of piperidine rings is 2. The van der Waals surface area contributed by atoms with Crippen molar-refractivity contribution < 1.29 is 18.7 Å². The number of carbonyl (C=O) groups is 2. The fourth-order valence-corrected chi connectivity index (χ4v) is 3.98. The van der Waals surface area contributed by atoms with Crippen molar-refractivity contribution in [3.63, 3.8) is 0 Å². The average Bonchev–Trinajstić information content (AvgIpc) is 2.68. The van der Waals surface area contributed by atoms with E-state index >= 15 is 0 Å². The molecule has 0 spiro atoms. The summed E-state index contributed by atoms with van der Waals surface area (Å²) in [6.07, 6.45) is 3.56. The molecule has 2 aliphatic rings. The van der Waals surface area contributed by atoms with E-state index in [9.17, 15) is 14.0 Å². The maximum Gasteiger partial charge on any atom is 0.409 e. The Kier molecular flexibility index (Phi) is 6.66. The minimum absolute atomic E-state index is 0.0672. The summed E-state index contributed by atoms with van der Waals surface area (Å²) in [4.78, 5) is 28.4. The van der Waals surface area contributed by atoms with Crippen molar-refractivity contribution >= 4 is 12.0 Å². The lowest BCUT2D eigenvalue weighted by Crippen LogP contribution is -2.54. The molecule has 2 fully saturated rings. The van der Waals surface area contributed by atoms with Crippen molar-refractivity contribution in [2.24, 2.45) is 0 Å². The molecular formula is C20H28FN3O3. The predicted molar refractivity (Wildman–Crippen MR) is 100 cm³/mol. The first-order chi connectivity index (χ1) is 13.1. The van der Waals surface area contributed by atoms with Crippen molar-refractivity contribution in [2.75, 3.05) is 32.8 Å². The average molecular weight is 377 g/mol. The number of hydrogen-bond acceptors (Lipinski definition) is 4. The lowest BCUT2D eigenvalue weighted by atomic mass is 9.98. The molecule has 0 saturated carbocycles. The first-order valence-corrected chi connectivity index (χ1v) is 9.79. The zero-order valence-corrected chi connectivity index (χ0v) is 15.8. The molecule has 0 aromatic heterocycles. The number of ether oxygens (including phenoxy) is 1. The van der Waals surface area contributed by atoms with Gasteiger partial charge in [-0.1, -0.05) is 6.07 Å². The maximum atomic E-state index is 13.3. The van der Waals surface area contributed by atoms with Crippen LogP contribution in [0.5, 0.6) is 0 Å². The number of nitrogens with one attached hydrogen (secondary N) is 1. The van der Waals surface area contributed by atoms with Gasteiger partial charge in [0.1, 0.15) is 5.82 Å². The van der Waals surface area contributed by atoms with Gasteiger partial charge in [0, 0.05) is 37.3 Å². The third kappa shape index (κ3) is 5.19. The highest BCUT2D eigenvalue weighted by molar-refractivity contribution is 5.94. The largest absolute Gasteiger partial charge is 0.450 e. The highest BCUT2D eigenvalue weighted by Crippen LogP contribution is 2.22. The zero-order chi connectivity index (χ0) is 19.2. The number of nitrogens with zero attached hydrogens (tertiary/aromatic N) is 2. The molecule has 27 heavy (non-hydrogen) atoms. The lowest BCUT2D eigenvalue weighted by molar-refractivity contribution is 0.0601. The molecule has 1 atom stereocenters. The van der Waals surface area contributed by atoms with Gasteiger partial charge in [0.05, 0.1) is 6.61 Å². The van der Waals surface area contributed by atoms with Crippen molar-refractivity contribution in [3.05, 3.63) is 35.6 Å². The van der Waals surface area contributed by atoms with Gasteiger partial charge in [0.25, 0.3) is 5.91 Å². The van der Waals surface area contributed by atoms with Gasteiger partial charge in [-0.05, 0) is 57.4 Å². The van der Waals surface area contributed by atoms with E-state index in [-0.39, 0.29) is 18.0 Å². The predicted octanol–water partition coefficient (Wildman–Crippen LogP) is 2.64. The smallest absolute Gasteiger partial charge is 0.409 e. The Morgan fingerprint density at radius 1 is 1.22 bits per heavy atom. The van der Waals surface area contributed by atoms with Crippen molar-refractivity contribution in [1.82, 2.24) is 15.1 Å². The van der Waals surface area contributed by atoms with E-state index in [1.54, 1.807) is 17.0 Å². The van der Waals surface area contributed by atoms with Crippen LogP contribution in [0.25, 0.3) is 0 Å². The molecule has 1 aromatic carbocycles. The van der Waals surface area contributed by atoms with Crippen LogP contribution < -0.4 is 5.32 Å². The first-order valence-electron chi connectivity index (χ1n) is 9.79. The van der Waals surface area contributed by atoms with E-state index in [4.69, 9.17) is 4.74 Å². The summed E-state index contributed by atoms with van der Waals surface area (Å²) in [5.41, 5.74) is 0.356. The number of amides is 2. The molecule has 3 rings (SSSR count). The van der Waals surface area contributed by atoms with Gasteiger partial charge in [0.15, 0.2) is 0 Å². The SMILES string of the molecule is CCOC(=O)N1CCC(N2CCC[C@@H](NC(=O)c3cccc(F)c3)C2)CC1. The van der Waals surface area contributed by atoms with Gasteiger partial charge in [-0.15, -0.1) is 0 Å². The van der Waals surface area contributed by atoms with Crippen LogP contribution in [0.15, 0.2) is 24.3 Å². The third-order valence-corrected chi connectivity index (χ3v) is 5.38. The fourth-order valence-electron chi connectivity index (χ4n) is 3.98. The summed E-state index contributed by atoms with van der Waals surface area (Å²) in [6, 6.07) is 6.27. The molecule has 1 N–H and O–H groups in total. The van der Waals surface area contributed by atoms with Gasteiger partial charge in [0.2, 0.25) is 0 Å². The lowest BCUT2D eigenvalue weighted by Gasteiger charge is -2.42. The summed E-state index contributed by atoms with van der Waals surface area (Å²) in [7, 11) is 0. The van der Waals surface area contributed by atoms with Crippen molar-refractivity contribution in [2.45, 2.75) is 44.7 Å². The number of rotatable bonds is 4. The number of halogens is 1. The number of benzene rings is 1. The minimum atomic E-state index is -0.402. The number of carbonyl (C=O) groups excluding carboxylic acids is 2. The summed E-state index contributed by atoms with van der Waals surface area (Å²) in [5.74, 6) is -0.625. The molecule has 7 heteroatoms. The zero-order valence-electron chi connectivity index (χ0n) is 15.8. The van der Waals surface area contributed by atoms with Crippen LogP contribution >= 0.6 is 0 Å². The molecule has 2 saturated heterocycles. The van der Waals surface area contributed by atoms with Gasteiger partial charge >= 0.3 is 6.09 Å². The van der Waals surface area contributed by atoms with E-state index in [1.807, 2.05) is 6.92 Å². The molecule has 148 valence electrons. The van der Waals surface area contributed by atoms with E-state index in [2.05, 4.69) is 10.2 Å². The van der Waals surface area contributed by atoms with E-state index < -0.39 is 5.82 Å². The van der Waals surface area contributed by atoms with Crippen molar-refractivity contribution in [1.29, 1.82) is 0 Å². The first kappa shape index (κ1) is 19.6. The van der Waals surface area contributed by atoms with E-state index in [1.165, 1.54) is 12.1 Å². The molecule has 0 aliphatic carbocycles. The minimum Gasteiger partial charge on any atom is -0.450 e. The van der Waals surface area contributed by atoms with Crippen LogP contribution in [0.4, 0.5) is 9.18 Å². The quantitative estimate of drug-likeness (QED) is 0.876. The highest BCUT2D eigenvalue weighted by Gasteiger charge is 2.31. The van der Waals surface area contributed by atoms with E-state index in [0.717, 1.165) is 38.8 Å². The molecule has 0 unspecified atom stereocenters. The Labute approximate surface area is 159 Å². The van der Waals surface area contributed by atoms with E-state index in [0.29, 0.717) is 31.3 Å². The molecular weight excluding hydrogens is 349 g/mol. The van der Waals surface area contributed by atoms with Gasteiger partial charge in [-0.3, -0.25) is 9.69 Å². The van der Waals surface area contributed by atoms with Crippen LogP contribution in [-0.4, -0.2) is 66.7 Å². The number of hydrogen-bond donors (Lipinski definition) is 1. The Morgan fingerprint density at radius 2 is 2.00 bits per heavy atom. The fraction of sp³-hybridized carbons (Fsp3) is 0.600. The summed E-state index contributed by atoms with van der Waals surface area (Å²) < 4.78 is 18.4. The van der Waals surface area contributed by atoms with Gasteiger partial charge in [-0.2, -0.15) is 0 Å². The summed E-state index contributed by atoms with van der Waals surface area (Å²) in [5, 5.41) is 3.04. The second-order valence-electron chi connectivity index (χ2n) is 7.24. The van der Waals surface area contributed by atoms with Crippen molar-refractivity contribution in [3.8, 4) is 0 Å². The number of likely N-dealkylation sites (tertiary alicyclic amines) is 2. The Hall–Kier alpha value is -2.15. The second-order valence-corrected chi connectivity index (χ2v) is 7.24. The van der Waals surface area contributed by atoms with Crippen LogP contribution in [0, 0.1) is 5.82 Å².